The maximum atomic E-state index is 13.6. The summed E-state index contributed by atoms with van der Waals surface area (Å²) in [7, 11) is -2.77. The SMILES string of the molecule is CCOP(=O)(OCC)C(Nc1ncc(-c2ccc(C(=O)OC(C)(C)C)cc2)nc1Cc1ccccc1)C(=O)OC. The number of anilines is 1. The predicted octanol–water partition coefficient (Wildman–Crippen LogP) is 5.87. The molecule has 40 heavy (non-hydrogen) atoms. The van der Waals surface area contributed by atoms with Crippen molar-refractivity contribution in [2.75, 3.05) is 25.6 Å². The van der Waals surface area contributed by atoms with Gasteiger partial charge in [0.05, 0.1) is 43.5 Å². The Labute approximate surface area is 235 Å². The highest BCUT2D eigenvalue weighted by Gasteiger charge is 2.43. The maximum absolute atomic E-state index is 13.6. The van der Waals surface area contributed by atoms with Gasteiger partial charge in [-0.3, -0.25) is 4.57 Å². The Balaban J connectivity index is 2.01. The van der Waals surface area contributed by atoms with E-state index >= 15 is 0 Å². The quantitative estimate of drug-likeness (QED) is 0.209. The number of hydrogen-bond acceptors (Lipinski definition) is 10. The van der Waals surface area contributed by atoms with Crippen molar-refractivity contribution in [1.29, 1.82) is 0 Å². The average molecular weight is 570 g/mol. The highest BCUT2D eigenvalue weighted by Crippen LogP contribution is 2.53. The Morgan fingerprint density at radius 1 is 0.975 bits per heavy atom. The van der Waals surface area contributed by atoms with Gasteiger partial charge in [0.2, 0.25) is 5.78 Å². The van der Waals surface area contributed by atoms with Crippen molar-refractivity contribution in [3.05, 3.63) is 77.6 Å². The van der Waals surface area contributed by atoms with Crippen molar-refractivity contribution >= 4 is 25.4 Å². The molecule has 10 nitrogen and oxygen atoms in total. The molecule has 0 saturated carbocycles. The Bertz CT molecular complexity index is 1330. The third-order valence-electron chi connectivity index (χ3n) is 5.51. The van der Waals surface area contributed by atoms with Crippen LogP contribution in [0.15, 0.2) is 60.8 Å². The summed E-state index contributed by atoms with van der Waals surface area (Å²) in [5, 5.41) is 2.93. The van der Waals surface area contributed by atoms with Crippen molar-refractivity contribution in [3.8, 4) is 11.3 Å². The van der Waals surface area contributed by atoms with Gasteiger partial charge >= 0.3 is 19.5 Å². The second-order valence-electron chi connectivity index (χ2n) is 9.74. The standard InChI is InChI=1S/C29H36N3O7P/c1-7-37-40(35,38-8-2)26(28(34)36-6)32-25-23(18-20-12-10-9-11-13-20)31-24(19-30-25)21-14-16-22(17-15-21)27(33)39-29(3,4)5/h9-17,19,26H,7-8,18H2,1-6H3,(H,30,32). The van der Waals surface area contributed by atoms with E-state index in [2.05, 4.69) is 10.3 Å². The van der Waals surface area contributed by atoms with Gasteiger partial charge in [0.15, 0.2) is 0 Å². The van der Waals surface area contributed by atoms with E-state index in [1.807, 2.05) is 51.1 Å². The van der Waals surface area contributed by atoms with E-state index in [-0.39, 0.29) is 19.0 Å². The summed E-state index contributed by atoms with van der Waals surface area (Å²) in [6, 6.07) is 16.5. The van der Waals surface area contributed by atoms with Crippen LogP contribution in [0.25, 0.3) is 11.3 Å². The summed E-state index contributed by atoms with van der Waals surface area (Å²) in [5.41, 5.74) is 2.52. The first-order valence-corrected chi connectivity index (χ1v) is 14.6. The molecule has 0 saturated heterocycles. The molecule has 0 bridgehead atoms. The molecule has 3 aromatic rings. The lowest BCUT2D eigenvalue weighted by molar-refractivity contribution is -0.140. The van der Waals surface area contributed by atoms with Crippen LogP contribution in [-0.4, -0.2) is 53.6 Å². The molecule has 1 N–H and O–H groups in total. The van der Waals surface area contributed by atoms with Crippen molar-refractivity contribution in [1.82, 2.24) is 9.97 Å². The Kier molecular flexibility index (Phi) is 10.6. The first-order valence-electron chi connectivity index (χ1n) is 13.0. The largest absolute Gasteiger partial charge is 0.467 e. The number of carbonyl (C=O) groups excluding carboxylic acids is 2. The highest BCUT2D eigenvalue weighted by atomic mass is 31.2. The molecule has 1 aromatic heterocycles. The molecule has 0 aliphatic rings. The lowest BCUT2D eigenvalue weighted by atomic mass is 10.1. The second-order valence-corrected chi connectivity index (χ2v) is 11.9. The van der Waals surface area contributed by atoms with Crippen LogP contribution in [0.4, 0.5) is 5.82 Å². The molecule has 0 fully saturated rings. The van der Waals surface area contributed by atoms with Gasteiger partial charge in [-0.05, 0) is 52.3 Å². The molecule has 11 heteroatoms. The van der Waals surface area contributed by atoms with Gasteiger partial charge in [0, 0.05) is 12.0 Å². The second kappa shape index (κ2) is 13.7. The number of ether oxygens (including phenoxy) is 2. The third-order valence-corrected chi connectivity index (χ3v) is 7.72. The Morgan fingerprint density at radius 2 is 1.60 bits per heavy atom. The molecule has 1 heterocycles. The van der Waals surface area contributed by atoms with Crippen LogP contribution in [0, 0.1) is 0 Å². The van der Waals surface area contributed by atoms with Crippen molar-refractivity contribution in [2.24, 2.45) is 0 Å². The zero-order valence-electron chi connectivity index (χ0n) is 23.7. The molecule has 2 aromatic carbocycles. The van der Waals surface area contributed by atoms with E-state index in [4.69, 9.17) is 23.5 Å². The molecule has 214 valence electrons. The smallest absolute Gasteiger partial charge is 0.364 e. The van der Waals surface area contributed by atoms with Gasteiger partial charge in [0.1, 0.15) is 11.4 Å². The van der Waals surface area contributed by atoms with Crippen LogP contribution in [0.3, 0.4) is 0 Å². The van der Waals surface area contributed by atoms with E-state index in [0.717, 1.165) is 11.1 Å². The molecule has 0 radical (unpaired) electrons. The lowest BCUT2D eigenvalue weighted by Gasteiger charge is -2.26. The molecule has 0 aliphatic carbocycles. The van der Waals surface area contributed by atoms with Crippen molar-refractivity contribution in [3.63, 3.8) is 0 Å². The lowest BCUT2D eigenvalue weighted by Crippen LogP contribution is -2.33. The Hall–Kier alpha value is -3.59. The monoisotopic (exact) mass is 569 g/mol. The fourth-order valence-electron chi connectivity index (χ4n) is 3.77. The van der Waals surface area contributed by atoms with Gasteiger partial charge in [-0.15, -0.1) is 0 Å². The number of aromatic nitrogens is 2. The van der Waals surface area contributed by atoms with Crippen molar-refractivity contribution < 1.29 is 32.7 Å². The van der Waals surface area contributed by atoms with Crippen LogP contribution in [0.2, 0.25) is 0 Å². The zero-order chi connectivity index (χ0) is 29.3. The Morgan fingerprint density at radius 3 is 2.15 bits per heavy atom. The number of nitrogens with one attached hydrogen (secondary N) is 1. The summed E-state index contributed by atoms with van der Waals surface area (Å²) in [6.45, 7) is 8.87. The summed E-state index contributed by atoms with van der Waals surface area (Å²) >= 11 is 0. The first kappa shape index (κ1) is 30.9. The minimum absolute atomic E-state index is 0.0627. The molecule has 1 atom stereocenters. The van der Waals surface area contributed by atoms with Crippen molar-refractivity contribution in [2.45, 2.75) is 52.4 Å². The fourth-order valence-corrected chi connectivity index (χ4v) is 5.50. The van der Waals surface area contributed by atoms with Gasteiger partial charge in [0.25, 0.3) is 0 Å². The van der Waals surface area contributed by atoms with Crippen LogP contribution in [0.5, 0.6) is 0 Å². The fraction of sp³-hybridized carbons (Fsp3) is 0.379. The molecule has 0 amide bonds. The normalized spacial score (nSPS) is 12.4. The molecule has 0 spiro atoms. The van der Waals surface area contributed by atoms with E-state index in [0.29, 0.717) is 23.4 Å². The summed E-state index contributed by atoms with van der Waals surface area (Å²) in [4.78, 5) is 34.5. The number of methoxy groups -OCH3 is 1. The van der Waals surface area contributed by atoms with Gasteiger partial charge in [-0.1, -0.05) is 42.5 Å². The molecular weight excluding hydrogens is 533 g/mol. The van der Waals surface area contributed by atoms with E-state index in [1.165, 1.54) is 13.3 Å². The minimum atomic E-state index is -3.97. The van der Waals surface area contributed by atoms with E-state index < -0.39 is 30.9 Å². The van der Waals surface area contributed by atoms with Crippen LogP contribution < -0.4 is 5.32 Å². The van der Waals surface area contributed by atoms with Gasteiger partial charge in [-0.25, -0.2) is 19.6 Å². The predicted molar refractivity (Wildman–Crippen MR) is 152 cm³/mol. The number of benzene rings is 2. The van der Waals surface area contributed by atoms with Gasteiger partial charge in [-0.2, -0.15) is 0 Å². The average Bonchev–Trinajstić information content (AvgIpc) is 2.92. The summed E-state index contributed by atoms with van der Waals surface area (Å²) < 4.78 is 34.8. The zero-order valence-corrected chi connectivity index (χ0v) is 24.6. The van der Waals surface area contributed by atoms with Gasteiger partial charge < -0.3 is 23.8 Å². The first-order chi connectivity index (χ1) is 19.0. The summed E-state index contributed by atoms with van der Waals surface area (Å²) in [5.74, 6) is -2.47. The number of rotatable bonds is 12. The number of hydrogen-bond donors (Lipinski definition) is 1. The van der Waals surface area contributed by atoms with Crippen LogP contribution in [-0.2, 0) is 34.3 Å². The topological polar surface area (TPSA) is 126 Å². The maximum Gasteiger partial charge on any atom is 0.364 e. The third kappa shape index (κ3) is 8.21. The summed E-state index contributed by atoms with van der Waals surface area (Å²) in [6.07, 6.45) is 1.89. The van der Waals surface area contributed by atoms with E-state index in [9.17, 15) is 14.2 Å². The molecule has 3 rings (SSSR count). The number of esters is 2. The van der Waals surface area contributed by atoms with Crippen LogP contribution >= 0.6 is 7.60 Å². The minimum Gasteiger partial charge on any atom is -0.467 e. The molecule has 1 unspecified atom stereocenters. The van der Waals surface area contributed by atoms with Crippen LogP contribution in [0.1, 0.15) is 56.2 Å². The highest BCUT2D eigenvalue weighted by molar-refractivity contribution is 7.55. The number of carbonyl (C=O) groups is 2. The van der Waals surface area contributed by atoms with E-state index in [1.54, 1.807) is 38.1 Å². The molecule has 0 aliphatic heterocycles. The molecular formula is C29H36N3O7P. The number of nitrogens with zero attached hydrogens (tertiary/aromatic N) is 2.